The Morgan fingerprint density at radius 2 is 1.59 bits per heavy atom. The molecule has 0 saturated heterocycles. The Morgan fingerprint density at radius 1 is 0.882 bits per heavy atom. The lowest BCUT2D eigenvalue weighted by Crippen LogP contribution is -2.09. The van der Waals surface area contributed by atoms with Crippen LogP contribution in [0.2, 0.25) is 0 Å². The highest BCUT2D eigenvalue weighted by Gasteiger charge is 2.22. The lowest BCUT2D eigenvalue weighted by Gasteiger charge is -2.19. The summed E-state index contributed by atoms with van der Waals surface area (Å²) in [6, 6.07) is 17.9. The van der Waals surface area contributed by atoms with Crippen molar-refractivity contribution in [3.63, 3.8) is 0 Å². The monoisotopic (exact) mass is 240 g/mol. The highest BCUT2D eigenvalue weighted by molar-refractivity contribution is 7.85. The Labute approximate surface area is 103 Å². The van der Waals surface area contributed by atoms with Gasteiger partial charge < -0.3 is 0 Å². The molecule has 0 amide bonds. The molecule has 2 unspecified atom stereocenters. The van der Waals surface area contributed by atoms with Gasteiger partial charge in [0.2, 0.25) is 0 Å². The average Bonchev–Trinajstić information content (AvgIpc) is 2.40. The van der Waals surface area contributed by atoms with Crippen LogP contribution < -0.4 is 0 Å². The van der Waals surface area contributed by atoms with Gasteiger partial charge in [-0.2, -0.15) is 0 Å². The van der Waals surface area contributed by atoms with Crippen LogP contribution in [0.1, 0.15) is 16.4 Å². The van der Waals surface area contributed by atoms with Gasteiger partial charge in [0.1, 0.15) is 0 Å². The largest absolute Gasteiger partial charge is 0.253 e. The maximum atomic E-state index is 12.5. The van der Waals surface area contributed by atoms with Gasteiger partial charge in [-0.15, -0.1) is 0 Å². The minimum Gasteiger partial charge on any atom is -0.253 e. The van der Waals surface area contributed by atoms with Gasteiger partial charge in [0.15, 0.2) is 0 Å². The molecule has 2 aromatic carbocycles. The van der Waals surface area contributed by atoms with Gasteiger partial charge in [-0.3, -0.25) is 4.21 Å². The third-order valence-corrected chi connectivity index (χ3v) is 4.64. The standard InChI is InChI=1S/C15H12OS/c16-17-14-9-5-4-8-13(14)10-11-15(17)12-6-2-1-3-7-12/h1-11,15H. The van der Waals surface area contributed by atoms with E-state index in [1.165, 1.54) is 0 Å². The SMILES string of the molecule is O=S1c2ccccc2C=CC1c1ccccc1. The van der Waals surface area contributed by atoms with Crippen molar-refractivity contribution in [3.8, 4) is 0 Å². The highest BCUT2D eigenvalue weighted by Crippen LogP contribution is 2.33. The van der Waals surface area contributed by atoms with E-state index in [0.29, 0.717) is 0 Å². The van der Waals surface area contributed by atoms with E-state index >= 15 is 0 Å². The molecule has 1 aliphatic rings. The fourth-order valence-corrected chi connectivity index (χ4v) is 3.56. The van der Waals surface area contributed by atoms with E-state index in [2.05, 4.69) is 6.08 Å². The van der Waals surface area contributed by atoms with E-state index in [9.17, 15) is 4.21 Å². The first kappa shape index (κ1) is 10.5. The molecule has 1 heterocycles. The molecule has 0 fully saturated rings. The van der Waals surface area contributed by atoms with Crippen molar-refractivity contribution in [2.75, 3.05) is 0 Å². The predicted octanol–water partition coefficient (Wildman–Crippen LogP) is 3.56. The van der Waals surface area contributed by atoms with Crippen LogP contribution in [0.3, 0.4) is 0 Å². The zero-order chi connectivity index (χ0) is 11.7. The minimum absolute atomic E-state index is 0.0221. The first-order valence-corrected chi connectivity index (χ1v) is 6.80. The molecular weight excluding hydrogens is 228 g/mol. The van der Waals surface area contributed by atoms with Crippen LogP contribution in [0.25, 0.3) is 6.08 Å². The molecule has 0 aliphatic carbocycles. The Bertz CT molecular complexity index is 587. The minimum atomic E-state index is -0.991. The highest BCUT2D eigenvalue weighted by atomic mass is 32.2. The van der Waals surface area contributed by atoms with Crippen LogP contribution in [0.15, 0.2) is 65.6 Å². The van der Waals surface area contributed by atoms with Gasteiger partial charge in [0, 0.05) is 4.90 Å². The fourth-order valence-electron chi connectivity index (χ4n) is 2.08. The molecule has 2 atom stereocenters. The van der Waals surface area contributed by atoms with Crippen LogP contribution in [-0.2, 0) is 10.8 Å². The number of rotatable bonds is 1. The van der Waals surface area contributed by atoms with Gasteiger partial charge in [-0.25, -0.2) is 0 Å². The first-order valence-electron chi connectivity index (χ1n) is 5.59. The van der Waals surface area contributed by atoms with Gasteiger partial charge in [-0.05, 0) is 17.2 Å². The van der Waals surface area contributed by atoms with Crippen molar-refractivity contribution in [1.29, 1.82) is 0 Å². The topological polar surface area (TPSA) is 17.1 Å². The van der Waals surface area contributed by atoms with Crippen LogP contribution in [0.5, 0.6) is 0 Å². The Balaban J connectivity index is 2.06. The molecule has 2 heteroatoms. The second-order valence-corrected chi connectivity index (χ2v) is 5.57. The van der Waals surface area contributed by atoms with Gasteiger partial charge in [-0.1, -0.05) is 60.7 Å². The molecule has 3 rings (SSSR count). The summed E-state index contributed by atoms with van der Waals surface area (Å²) in [6.45, 7) is 0. The molecule has 1 aliphatic heterocycles. The third-order valence-electron chi connectivity index (χ3n) is 2.95. The van der Waals surface area contributed by atoms with Gasteiger partial charge in [0.25, 0.3) is 0 Å². The zero-order valence-electron chi connectivity index (χ0n) is 9.24. The number of hydrogen-bond acceptors (Lipinski definition) is 1. The van der Waals surface area contributed by atoms with Crippen molar-refractivity contribution < 1.29 is 4.21 Å². The summed E-state index contributed by atoms with van der Waals surface area (Å²) < 4.78 is 12.5. The maximum Gasteiger partial charge on any atom is 0.0827 e. The van der Waals surface area contributed by atoms with E-state index in [1.807, 2.05) is 60.7 Å². The van der Waals surface area contributed by atoms with E-state index in [4.69, 9.17) is 0 Å². The summed E-state index contributed by atoms with van der Waals surface area (Å²) in [5.74, 6) is 0. The molecule has 1 nitrogen and oxygen atoms in total. The first-order chi connectivity index (χ1) is 8.36. The number of benzene rings is 2. The van der Waals surface area contributed by atoms with E-state index in [0.717, 1.165) is 16.0 Å². The average molecular weight is 240 g/mol. The molecule has 2 aromatic rings. The molecule has 0 spiro atoms. The summed E-state index contributed by atoms with van der Waals surface area (Å²) in [7, 11) is -0.991. The van der Waals surface area contributed by atoms with Crippen LogP contribution >= 0.6 is 0 Å². The fraction of sp³-hybridized carbons (Fsp3) is 0.0667. The van der Waals surface area contributed by atoms with Crippen molar-refractivity contribution >= 4 is 16.9 Å². The van der Waals surface area contributed by atoms with Crippen molar-refractivity contribution in [2.24, 2.45) is 0 Å². The molecular formula is C15H12OS. The molecule has 0 bridgehead atoms. The lowest BCUT2D eigenvalue weighted by molar-refractivity contribution is 0.678. The predicted molar refractivity (Wildman–Crippen MR) is 71.1 cm³/mol. The second kappa shape index (κ2) is 4.30. The van der Waals surface area contributed by atoms with Gasteiger partial charge >= 0.3 is 0 Å². The molecule has 84 valence electrons. The lowest BCUT2D eigenvalue weighted by atomic mass is 10.1. The Morgan fingerprint density at radius 3 is 2.41 bits per heavy atom. The maximum absolute atomic E-state index is 12.5. The van der Waals surface area contributed by atoms with E-state index in [-0.39, 0.29) is 5.25 Å². The summed E-state index contributed by atoms with van der Waals surface area (Å²) in [5, 5.41) is -0.0221. The van der Waals surface area contributed by atoms with E-state index < -0.39 is 10.8 Å². The summed E-state index contributed by atoms with van der Waals surface area (Å²) in [4.78, 5) is 0.934. The summed E-state index contributed by atoms with van der Waals surface area (Å²) in [6.07, 6.45) is 4.10. The van der Waals surface area contributed by atoms with Crippen LogP contribution in [0, 0.1) is 0 Å². The Kier molecular flexibility index (Phi) is 2.65. The molecule has 0 saturated carbocycles. The Hall–Kier alpha value is -1.67. The molecule has 17 heavy (non-hydrogen) atoms. The van der Waals surface area contributed by atoms with Crippen LogP contribution in [-0.4, -0.2) is 4.21 Å². The summed E-state index contributed by atoms with van der Waals surface area (Å²) >= 11 is 0. The van der Waals surface area contributed by atoms with Crippen LogP contribution in [0.4, 0.5) is 0 Å². The van der Waals surface area contributed by atoms with Crippen molar-refractivity contribution in [3.05, 3.63) is 71.8 Å². The van der Waals surface area contributed by atoms with Crippen molar-refractivity contribution in [2.45, 2.75) is 10.1 Å². The second-order valence-electron chi connectivity index (χ2n) is 4.03. The third kappa shape index (κ3) is 1.85. The molecule has 0 radical (unpaired) electrons. The molecule has 0 N–H and O–H groups in total. The summed E-state index contributed by atoms with van der Waals surface area (Å²) in [5.41, 5.74) is 2.18. The number of fused-ring (bicyclic) bond motifs is 1. The van der Waals surface area contributed by atoms with Gasteiger partial charge in [0.05, 0.1) is 16.0 Å². The number of hydrogen-bond donors (Lipinski definition) is 0. The van der Waals surface area contributed by atoms with Crippen molar-refractivity contribution in [1.82, 2.24) is 0 Å². The van der Waals surface area contributed by atoms with E-state index in [1.54, 1.807) is 0 Å². The quantitative estimate of drug-likeness (QED) is 0.745. The molecule has 0 aromatic heterocycles. The zero-order valence-corrected chi connectivity index (χ0v) is 10.1. The smallest absolute Gasteiger partial charge is 0.0827 e. The normalized spacial score (nSPS) is 22.1.